The fourth-order valence-corrected chi connectivity index (χ4v) is 10.2. The van der Waals surface area contributed by atoms with Crippen LogP contribution in [-0.4, -0.2) is 22.0 Å². The van der Waals surface area contributed by atoms with Crippen LogP contribution in [0.15, 0.2) is 22.4 Å². The van der Waals surface area contributed by atoms with Crippen LogP contribution >= 0.6 is 0 Å². The van der Waals surface area contributed by atoms with Crippen LogP contribution in [0.25, 0.3) is 0 Å². The predicted molar refractivity (Wildman–Crippen MR) is 133 cm³/mol. The SMILES string of the molecule is C[C@@H]1c2oncc2C[C@]2(C)C3=CC(=O)C4C5CC(C)(C)CC[C@]5(C(=O)O)CC[C@@]4(C)[C@]3(C)CC[C@@H]12. The van der Waals surface area contributed by atoms with Gasteiger partial charge < -0.3 is 9.63 Å². The fourth-order valence-electron chi connectivity index (χ4n) is 10.2. The Morgan fingerprint density at radius 2 is 1.77 bits per heavy atom. The summed E-state index contributed by atoms with van der Waals surface area (Å²) >= 11 is 0. The minimum atomic E-state index is -0.755. The molecule has 0 saturated heterocycles. The highest BCUT2D eigenvalue weighted by atomic mass is 16.5. The number of carboxylic acids is 1. The zero-order valence-corrected chi connectivity index (χ0v) is 22.2. The molecular formula is C30H41NO4. The Bertz CT molecular complexity index is 1150. The van der Waals surface area contributed by atoms with Gasteiger partial charge in [0.05, 0.1) is 11.6 Å². The van der Waals surface area contributed by atoms with Crippen LogP contribution in [0, 0.1) is 44.8 Å². The second kappa shape index (κ2) is 6.89. The van der Waals surface area contributed by atoms with Gasteiger partial charge >= 0.3 is 5.97 Å². The third-order valence-electron chi connectivity index (χ3n) is 12.4. The van der Waals surface area contributed by atoms with Crippen molar-refractivity contribution in [2.24, 2.45) is 44.8 Å². The Morgan fingerprint density at radius 1 is 1.06 bits per heavy atom. The summed E-state index contributed by atoms with van der Waals surface area (Å²) in [6.07, 6.45) is 10.9. The summed E-state index contributed by atoms with van der Waals surface area (Å²) in [5.41, 5.74) is 1.37. The normalized spacial score (nSPS) is 47.9. The standard InChI is InChI=1S/C30H41NO4/c1-17-19-7-8-28(5)22(27(19,4)14-18-16-31-35-24(17)18)13-21(32)23-20-15-26(2,3)9-11-30(20,25(33)34)12-10-29(23,28)6/h13,16-17,19-20,23H,7-12,14-15H2,1-6H3,(H,33,34)/t17-,19-,20?,23?,27-,28+,29+,30-/m0/s1. The number of carbonyl (C=O) groups excluding carboxylic acids is 1. The summed E-state index contributed by atoms with van der Waals surface area (Å²) in [5.74, 6) is 0.936. The lowest BCUT2D eigenvalue weighted by Gasteiger charge is -2.68. The Morgan fingerprint density at radius 3 is 2.49 bits per heavy atom. The lowest BCUT2D eigenvalue weighted by molar-refractivity contribution is -0.188. The van der Waals surface area contributed by atoms with E-state index in [0.717, 1.165) is 44.3 Å². The number of carboxylic acid groups (broad SMARTS) is 1. The molecule has 6 rings (SSSR count). The first-order chi connectivity index (χ1) is 16.3. The van der Waals surface area contributed by atoms with E-state index in [1.807, 2.05) is 12.3 Å². The number of allylic oxidation sites excluding steroid dienone is 2. The predicted octanol–water partition coefficient (Wildman–Crippen LogP) is 6.58. The van der Waals surface area contributed by atoms with E-state index < -0.39 is 11.4 Å². The third kappa shape index (κ3) is 2.73. The van der Waals surface area contributed by atoms with E-state index in [9.17, 15) is 14.7 Å². The average molecular weight is 480 g/mol. The molecule has 0 aliphatic heterocycles. The maximum Gasteiger partial charge on any atom is 0.309 e. The number of ketones is 1. The van der Waals surface area contributed by atoms with Crippen LogP contribution in [0.5, 0.6) is 0 Å². The molecule has 5 heteroatoms. The van der Waals surface area contributed by atoms with Crippen LogP contribution in [0.4, 0.5) is 0 Å². The molecule has 35 heavy (non-hydrogen) atoms. The molecule has 1 heterocycles. The van der Waals surface area contributed by atoms with Gasteiger partial charge in [-0.05, 0) is 90.9 Å². The number of aliphatic carboxylic acids is 1. The van der Waals surface area contributed by atoms with Gasteiger partial charge in [0, 0.05) is 17.4 Å². The van der Waals surface area contributed by atoms with Crippen molar-refractivity contribution in [2.75, 3.05) is 0 Å². The number of hydrogen-bond acceptors (Lipinski definition) is 4. The van der Waals surface area contributed by atoms with Crippen LogP contribution in [0.3, 0.4) is 0 Å². The second-order valence-electron chi connectivity index (χ2n) is 14.4. The minimum Gasteiger partial charge on any atom is -0.481 e. The third-order valence-corrected chi connectivity index (χ3v) is 12.4. The van der Waals surface area contributed by atoms with E-state index in [1.165, 1.54) is 11.1 Å². The molecule has 5 aliphatic carbocycles. The molecule has 190 valence electrons. The molecule has 5 nitrogen and oxygen atoms in total. The van der Waals surface area contributed by atoms with E-state index in [2.05, 4.69) is 46.7 Å². The maximum atomic E-state index is 14.3. The number of carbonyl (C=O) groups is 2. The van der Waals surface area contributed by atoms with Crippen LogP contribution in [0.1, 0.15) is 104 Å². The monoisotopic (exact) mass is 479 g/mol. The molecule has 5 aliphatic rings. The van der Waals surface area contributed by atoms with E-state index in [1.54, 1.807) is 0 Å². The molecule has 0 bridgehead atoms. The molecule has 3 fully saturated rings. The molecule has 8 atom stereocenters. The summed E-state index contributed by atoms with van der Waals surface area (Å²) < 4.78 is 5.67. The summed E-state index contributed by atoms with van der Waals surface area (Å²) in [4.78, 5) is 27.0. The number of fused-ring (bicyclic) bond motifs is 8. The highest BCUT2D eigenvalue weighted by molar-refractivity contribution is 5.96. The zero-order valence-electron chi connectivity index (χ0n) is 22.2. The van der Waals surface area contributed by atoms with Crippen molar-refractivity contribution in [3.63, 3.8) is 0 Å². The molecule has 0 aromatic carbocycles. The molecule has 1 N–H and O–H groups in total. The fraction of sp³-hybridized carbons (Fsp3) is 0.767. The topological polar surface area (TPSA) is 80.4 Å². The van der Waals surface area contributed by atoms with Gasteiger partial charge in [0.1, 0.15) is 5.76 Å². The minimum absolute atomic E-state index is 0.0696. The summed E-state index contributed by atoms with van der Waals surface area (Å²) in [6.45, 7) is 13.9. The van der Waals surface area contributed by atoms with Gasteiger partial charge in [-0.2, -0.15) is 0 Å². The Hall–Kier alpha value is -1.91. The van der Waals surface area contributed by atoms with Crippen LogP contribution < -0.4 is 0 Å². The number of nitrogens with zero attached hydrogens (tertiary/aromatic N) is 1. The molecule has 0 amide bonds. The first kappa shape index (κ1) is 23.5. The van der Waals surface area contributed by atoms with Gasteiger partial charge in [0.15, 0.2) is 5.78 Å². The lowest BCUT2D eigenvalue weighted by Crippen LogP contribution is -2.65. The van der Waals surface area contributed by atoms with E-state index >= 15 is 0 Å². The van der Waals surface area contributed by atoms with Crippen LogP contribution in [0.2, 0.25) is 0 Å². The largest absolute Gasteiger partial charge is 0.481 e. The van der Waals surface area contributed by atoms with Crippen molar-refractivity contribution in [1.82, 2.24) is 5.16 Å². The van der Waals surface area contributed by atoms with Gasteiger partial charge in [-0.25, -0.2) is 0 Å². The molecular weight excluding hydrogens is 438 g/mol. The van der Waals surface area contributed by atoms with Crippen molar-refractivity contribution < 1.29 is 19.2 Å². The van der Waals surface area contributed by atoms with Crippen molar-refractivity contribution >= 4 is 11.8 Å². The maximum absolute atomic E-state index is 14.3. The van der Waals surface area contributed by atoms with Crippen molar-refractivity contribution in [3.8, 4) is 0 Å². The van der Waals surface area contributed by atoms with Gasteiger partial charge in [-0.3, -0.25) is 9.59 Å². The van der Waals surface area contributed by atoms with Gasteiger partial charge in [-0.15, -0.1) is 0 Å². The summed E-state index contributed by atoms with van der Waals surface area (Å²) in [6, 6.07) is 0. The number of aromatic nitrogens is 1. The molecule has 2 unspecified atom stereocenters. The average Bonchev–Trinajstić information content (AvgIpc) is 3.23. The Kier molecular flexibility index (Phi) is 4.62. The Labute approximate surface area is 209 Å². The number of rotatable bonds is 1. The molecule has 1 aromatic rings. The van der Waals surface area contributed by atoms with Crippen molar-refractivity contribution in [1.29, 1.82) is 0 Å². The smallest absolute Gasteiger partial charge is 0.309 e. The number of hydrogen-bond donors (Lipinski definition) is 1. The molecule has 1 aromatic heterocycles. The summed E-state index contributed by atoms with van der Waals surface area (Å²) in [7, 11) is 0. The molecule has 0 spiro atoms. The zero-order chi connectivity index (χ0) is 25.2. The second-order valence-corrected chi connectivity index (χ2v) is 14.4. The van der Waals surface area contributed by atoms with Gasteiger partial charge in [0.2, 0.25) is 0 Å². The molecule has 3 saturated carbocycles. The summed E-state index contributed by atoms with van der Waals surface area (Å²) in [5, 5.41) is 14.6. The van der Waals surface area contributed by atoms with E-state index in [-0.39, 0.29) is 45.2 Å². The molecule has 0 radical (unpaired) electrons. The first-order valence-corrected chi connectivity index (χ1v) is 13.7. The van der Waals surface area contributed by atoms with Crippen LogP contribution in [-0.2, 0) is 16.0 Å². The highest BCUT2D eigenvalue weighted by Gasteiger charge is 2.70. The quantitative estimate of drug-likeness (QED) is 0.492. The van der Waals surface area contributed by atoms with Crippen molar-refractivity contribution in [2.45, 2.75) is 98.8 Å². The van der Waals surface area contributed by atoms with Gasteiger partial charge in [-0.1, -0.05) is 52.3 Å². The first-order valence-electron chi connectivity index (χ1n) is 13.7. The van der Waals surface area contributed by atoms with E-state index in [4.69, 9.17) is 4.52 Å². The van der Waals surface area contributed by atoms with Crippen molar-refractivity contribution in [3.05, 3.63) is 29.2 Å². The lowest BCUT2D eigenvalue weighted by atomic mass is 9.34. The highest BCUT2D eigenvalue weighted by Crippen LogP contribution is 2.74. The van der Waals surface area contributed by atoms with Gasteiger partial charge in [0.25, 0.3) is 0 Å². The Balaban J connectivity index is 1.50. The van der Waals surface area contributed by atoms with E-state index in [0.29, 0.717) is 18.8 Å².